The number of thioether (sulfide) groups is 1. The molecular weight excluding hydrogens is 266 g/mol. The highest BCUT2D eigenvalue weighted by Crippen LogP contribution is 2.27. The van der Waals surface area contributed by atoms with Crippen LogP contribution in [-0.4, -0.2) is 72.2 Å². The Kier molecular flexibility index (Phi) is 6.84. The molecule has 0 amide bonds. The smallest absolute Gasteiger partial charge is 0.0278 e. The fraction of sp³-hybridized carbons (Fsp3) is 1.00. The van der Waals surface area contributed by atoms with Crippen molar-refractivity contribution in [3.63, 3.8) is 0 Å². The van der Waals surface area contributed by atoms with Gasteiger partial charge in [0.15, 0.2) is 0 Å². The van der Waals surface area contributed by atoms with Crippen LogP contribution in [0, 0.1) is 0 Å². The summed E-state index contributed by atoms with van der Waals surface area (Å²) < 4.78 is 0.365. The molecule has 4 heteroatoms. The van der Waals surface area contributed by atoms with Crippen molar-refractivity contribution >= 4 is 11.8 Å². The second-order valence-electron chi connectivity index (χ2n) is 7.55. The van der Waals surface area contributed by atoms with Crippen molar-refractivity contribution in [1.29, 1.82) is 0 Å². The van der Waals surface area contributed by atoms with Crippen LogP contribution in [0.4, 0.5) is 0 Å². The quantitative estimate of drug-likeness (QED) is 0.778. The first kappa shape index (κ1) is 18.3. The summed E-state index contributed by atoms with van der Waals surface area (Å²) in [6, 6.07) is 0.573. The lowest BCUT2D eigenvalue weighted by Crippen LogP contribution is -2.58. The molecule has 1 saturated heterocycles. The van der Waals surface area contributed by atoms with Crippen LogP contribution in [0.15, 0.2) is 0 Å². The van der Waals surface area contributed by atoms with E-state index in [0.29, 0.717) is 10.8 Å². The third-order valence-corrected chi connectivity index (χ3v) is 5.86. The lowest BCUT2D eigenvalue weighted by molar-refractivity contribution is 0.0601. The van der Waals surface area contributed by atoms with E-state index in [1.807, 2.05) is 11.8 Å². The summed E-state index contributed by atoms with van der Waals surface area (Å²) in [5.74, 6) is 0. The van der Waals surface area contributed by atoms with Crippen LogP contribution >= 0.6 is 11.8 Å². The standard InChI is InChI=1S/C16H35N3S/c1-14(12-16(4,5)20-7)17-13-15(2,3)19-10-8-18(6)9-11-19/h14,17H,8-13H2,1-7H3/t14-/m0/s1. The molecule has 0 aliphatic carbocycles. The highest BCUT2D eigenvalue weighted by molar-refractivity contribution is 7.99. The van der Waals surface area contributed by atoms with E-state index in [1.165, 1.54) is 32.6 Å². The number of piperazine rings is 1. The third kappa shape index (κ3) is 5.92. The maximum atomic E-state index is 3.75. The van der Waals surface area contributed by atoms with Crippen LogP contribution in [0.5, 0.6) is 0 Å². The summed E-state index contributed by atoms with van der Waals surface area (Å²) in [6.45, 7) is 17.6. The van der Waals surface area contributed by atoms with Gasteiger partial charge >= 0.3 is 0 Å². The Morgan fingerprint density at radius 3 is 2.15 bits per heavy atom. The van der Waals surface area contributed by atoms with E-state index >= 15 is 0 Å². The molecule has 1 atom stereocenters. The Labute approximate surface area is 130 Å². The summed E-state index contributed by atoms with van der Waals surface area (Å²) in [6.07, 6.45) is 3.42. The molecule has 0 aromatic rings. The van der Waals surface area contributed by atoms with Crippen molar-refractivity contribution in [2.45, 2.75) is 57.4 Å². The van der Waals surface area contributed by atoms with Crippen LogP contribution in [0.2, 0.25) is 0 Å². The topological polar surface area (TPSA) is 18.5 Å². The molecule has 1 heterocycles. The van der Waals surface area contributed by atoms with Crippen LogP contribution in [0.25, 0.3) is 0 Å². The predicted molar refractivity (Wildman–Crippen MR) is 92.8 cm³/mol. The second kappa shape index (κ2) is 7.48. The predicted octanol–water partition coefficient (Wildman–Crippen LogP) is 2.52. The summed E-state index contributed by atoms with van der Waals surface area (Å²) in [5.41, 5.74) is 0.249. The molecule has 0 spiro atoms. The van der Waals surface area contributed by atoms with Crippen molar-refractivity contribution in [2.75, 3.05) is 46.0 Å². The molecule has 1 fully saturated rings. The van der Waals surface area contributed by atoms with Crippen molar-refractivity contribution < 1.29 is 0 Å². The van der Waals surface area contributed by atoms with Crippen molar-refractivity contribution in [3.8, 4) is 0 Å². The van der Waals surface area contributed by atoms with Gasteiger partial charge < -0.3 is 10.2 Å². The van der Waals surface area contributed by atoms with Gasteiger partial charge in [0.25, 0.3) is 0 Å². The van der Waals surface area contributed by atoms with Gasteiger partial charge in [0.1, 0.15) is 0 Å². The fourth-order valence-corrected chi connectivity index (χ4v) is 3.26. The van der Waals surface area contributed by atoms with Gasteiger partial charge in [-0.05, 0) is 40.5 Å². The molecule has 0 aromatic carbocycles. The van der Waals surface area contributed by atoms with Crippen LogP contribution in [-0.2, 0) is 0 Å². The third-order valence-electron chi connectivity index (χ3n) is 4.59. The summed E-state index contributed by atoms with van der Waals surface area (Å²) >= 11 is 1.96. The Balaban J connectivity index is 2.39. The van der Waals surface area contributed by atoms with Gasteiger partial charge in [0, 0.05) is 49.1 Å². The molecule has 0 radical (unpaired) electrons. The van der Waals surface area contributed by atoms with E-state index in [-0.39, 0.29) is 5.54 Å². The van der Waals surface area contributed by atoms with Crippen molar-refractivity contribution in [1.82, 2.24) is 15.1 Å². The number of hydrogen-bond donors (Lipinski definition) is 1. The first-order chi connectivity index (χ1) is 9.16. The number of hydrogen-bond acceptors (Lipinski definition) is 4. The summed E-state index contributed by atoms with van der Waals surface area (Å²) in [7, 11) is 2.22. The van der Waals surface area contributed by atoms with Crippen LogP contribution in [0.3, 0.4) is 0 Å². The lowest BCUT2D eigenvalue weighted by atomic mass is 9.99. The molecule has 1 aliphatic rings. The molecule has 0 aromatic heterocycles. The second-order valence-corrected chi connectivity index (χ2v) is 9.07. The number of rotatable bonds is 7. The summed E-state index contributed by atoms with van der Waals surface area (Å²) in [5, 5.41) is 3.75. The Bertz CT molecular complexity index is 283. The zero-order chi connectivity index (χ0) is 15.4. The van der Waals surface area contributed by atoms with Gasteiger partial charge in [-0.15, -0.1) is 0 Å². The molecular formula is C16H35N3S. The van der Waals surface area contributed by atoms with E-state index in [2.05, 4.69) is 63.0 Å². The Morgan fingerprint density at radius 1 is 1.10 bits per heavy atom. The van der Waals surface area contributed by atoms with E-state index < -0.39 is 0 Å². The SMILES string of the molecule is CSC(C)(C)C[C@H](C)NCC(C)(C)N1CCN(C)CC1. The van der Waals surface area contributed by atoms with Crippen molar-refractivity contribution in [3.05, 3.63) is 0 Å². The van der Waals surface area contributed by atoms with Gasteiger partial charge in [-0.25, -0.2) is 0 Å². The highest BCUT2D eigenvalue weighted by atomic mass is 32.2. The first-order valence-electron chi connectivity index (χ1n) is 7.88. The van der Waals surface area contributed by atoms with Crippen LogP contribution < -0.4 is 5.32 Å². The monoisotopic (exact) mass is 301 g/mol. The zero-order valence-electron chi connectivity index (χ0n) is 14.6. The molecule has 20 heavy (non-hydrogen) atoms. The Hall–Kier alpha value is 0.230. The average Bonchev–Trinajstić information content (AvgIpc) is 2.37. The zero-order valence-corrected chi connectivity index (χ0v) is 15.4. The van der Waals surface area contributed by atoms with Crippen LogP contribution in [0.1, 0.15) is 41.0 Å². The van der Waals surface area contributed by atoms with Gasteiger partial charge in [-0.1, -0.05) is 13.8 Å². The number of likely N-dealkylation sites (N-methyl/N-ethyl adjacent to an activating group) is 1. The average molecular weight is 302 g/mol. The molecule has 1 rings (SSSR count). The van der Waals surface area contributed by atoms with Crippen molar-refractivity contribution in [2.24, 2.45) is 0 Å². The molecule has 3 nitrogen and oxygen atoms in total. The number of nitrogens with zero attached hydrogens (tertiary/aromatic N) is 2. The van der Waals surface area contributed by atoms with Gasteiger partial charge in [-0.2, -0.15) is 11.8 Å². The number of nitrogens with one attached hydrogen (secondary N) is 1. The minimum atomic E-state index is 0.249. The lowest BCUT2D eigenvalue weighted by Gasteiger charge is -2.44. The highest BCUT2D eigenvalue weighted by Gasteiger charge is 2.29. The molecule has 1 aliphatic heterocycles. The minimum absolute atomic E-state index is 0.249. The largest absolute Gasteiger partial charge is 0.312 e. The molecule has 0 saturated carbocycles. The molecule has 0 bridgehead atoms. The van der Waals surface area contributed by atoms with Gasteiger partial charge in [0.05, 0.1) is 0 Å². The van der Waals surface area contributed by atoms with Gasteiger partial charge in [0.2, 0.25) is 0 Å². The summed E-state index contributed by atoms with van der Waals surface area (Å²) in [4.78, 5) is 5.05. The maximum absolute atomic E-state index is 3.75. The first-order valence-corrected chi connectivity index (χ1v) is 9.11. The maximum Gasteiger partial charge on any atom is 0.0278 e. The minimum Gasteiger partial charge on any atom is -0.312 e. The Morgan fingerprint density at radius 2 is 1.65 bits per heavy atom. The van der Waals surface area contributed by atoms with E-state index in [9.17, 15) is 0 Å². The molecule has 0 unspecified atom stereocenters. The normalized spacial score (nSPS) is 21.1. The van der Waals surface area contributed by atoms with Gasteiger partial charge in [-0.3, -0.25) is 4.90 Å². The molecule has 1 N–H and O–H groups in total. The fourth-order valence-electron chi connectivity index (χ4n) is 2.84. The van der Waals surface area contributed by atoms with E-state index in [0.717, 1.165) is 6.54 Å². The molecule has 120 valence electrons. The van der Waals surface area contributed by atoms with E-state index in [1.54, 1.807) is 0 Å². The van der Waals surface area contributed by atoms with E-state index in [4.69, 9.17) is 0 Å².